The molecule has 0 radical (unpaired) electrons. The van der Waals surface area contributed by atoms with Gasteiger partial charge < -0.3 is 5.32 Å². The van der Waals surface area contributed by atoms with Crippen LogP contribution >= 0.6 is 0 Å². The van der Waals surface area contributed by atoms with Crippen molar-refractivity contribution in [3.05, 3.63) is 0 Å². The maximum absolute atomic E-state index is 5.21. The summed E-state index contributed by atoms with van der Waals surface area (Å²) in [5.41, 5.74) is 0. The van der Waals surface area contributed by atoms with Crippen LogP contribution in [0.15, 0.2) is 0 Å². The summed E-state index contributed by atoms with van der Waals surface area (Å²) >= 11 is 0. The first-order valence-corrected chi connectivity index (χ1v) is 3.90. The molecule has 0 rings (SSSR count). The molecule has 1 nitrogen and oxygen atoms in total. The summed E-state index contributed by atoms with van der Waals surface area (Å²) in [5.74, 6) is 5.23. The van der Waals surface area contributed by atoms with Gasteiger partial charge in [-0.2, -0.15) is 0 Å². The molecule has 0 aliphatic carbocycles. The zero-order chi connectivity index (χ0) is 8.69. The van der Waals surface area contributed by atoms with Gasteiger partial charge in [-0.05, 0) is 13.3 Å². The largest absolute Gasteiger partial charge is 0.300 e. The van der Waals surface area contributed by atoms with Crippen LogP contribution < -0.4 is 5.32 Å². The summed E-state index contributed by atoms with van der Waals surface area (Å²) in [7, 11) is 0. The molecule has 0 saturated carbocycles. The van der Waals surface area contributed by atoms with Crippen molar-refractivity contribution < 1.29 is 0 Å². The predicted octanol–water partition coefficient (Wildman–Crippen LogP) is 1.40. The van der Waals surface area contributed by atoms with Crippen molar-refractivity contribution >= 4 is 0 Å². The smallest absolute Gasteiger partial charge is 0.0660 e. The number of hydrogen-bond donors (Lipinski definition) is 1. The second-order valence-electron chi connectivity index (χ2n) is 2.57. The molecule has 11 heavy (non-hydrogen) atoms. The standard InChI is InChI=1S/C10H15N/c1-5-8-10(7-3)11-9(4)6-2/h1-2,9-11H,7-8H2,3-4H3. The van der Waals surface area contributed by atoms with E-state index in [1.165, 1.54) is 0 Å². The molecule has 1 N–H and O–H groups in total. The highest BCUT2D eigenvalue weighted by Crippen LogP contribution is 1.97. The van der Waals surface area contributed by atoms with Crippen LogP contribution in [-0.4, -0.2) is 12.1 Å². The molecule has 0 amide bonds. The van der Waals surface area contributed by atoms with Crippen molar-refractivity contribution in [1.82, 2.24) is 5.32 Å². The first-order chi connectivity index (χ1) is 5.24. The van der Waals surface area contributed by atoms with Gasteiger partial charge in [0.25, 0.3) is 0 Å². The van der Waals surface area contributed by atoms with E-state index in [1.54, 1.807) is 0 Å². The molecule has 60 valence electrons. The van der Waals surface area contributed by atoms with E-state index in [4.69, 9.17) is 12.8 Å². The van der Waals surface area contributed by atoms with Crippen molar-refractivity contribution in [3.63, 3.8) is 0 Å². The van der Waals surface area contributed by atoms with Gasteiger partial charge in [-0.3, -0.25) is 0 Å². The van der Waals surface area contributed by atoms with E-state index in [1.807, 2.05) is 6.92 Å². The van der Waals surface area contributed by atoms with Crippen molar-refractivity contribution in [3.8, 4) is 24.7 Å². The second-order valence-corrected chi connectivity index (χ2v) is 2.57. The lowest BCUT2D eigenvalue weighted by Gasteiger charge is -2.16. The fraction of sp³-hybridized carbons (Fsp3) is 0.600. The van der Waals surface area contributed by atoms with Crippen LogP contribution in [0.25, 0.3) is 0 Å². The molecule has 0 aromatic carbocycles. The first-order valence-electron chi connectivity index (χ1n) is 3.90. The Kier molecular flexibility index (Phi) is 5.35. The van der Waals surface area contributed by atoms with E-state index in [0.29, 0.717) is 6.04 Å². The molecule has 0 spiro atoms. The number of terminal acetylenes is 2. The lowest BCUT2D eigenvalue weighted by atomic mass is 10.1. The van der Waals surface area contributed by atoms with Crippen LogP contribution in [0.3, 0.4) is 0 Å². The molecule has 2 unspecified atom stereocenters. The Morgan fingerprint density at radius 1 is 1.45 bits per heavy atom. The number of hydrogen-bond acceptors (Lipinski definition) is 1. The highest BCUT2D eigenvalue weighted by atomic mass is 14.9. The van der Waals surface area contributed by atoms with Crippen molar-refractivity contribution in [2.75, 3.05) is 0 Å². The Bertz CT molecular complexity index is 170. The normalized spacial score (nSPS) is 14.5. The Hall–Kier alpha value is -0.920. The molecule has 0 aliphatic heterocycles. The van der Waals surface area contributed by atoms with Crippen LogP contribution in [0.2, 0.25) is 0 Å². The van der Waals surface area contributed by atoms with Crippen LogP contribution in [0.5, 0.6) is 0 Å². The Morgan fingerprint density at radius 2 is 2.09 bits per heavy atom. The van der Waals surface area contributed by atoms with Crippen molar-refractivity contribution in [1.29, 1.82) is 0 Å². The minimum absolute atomic E-state index is 0.119. The number of rotatable bonds is 4. The monoisotopic (exact) mass is 149 g/mol. The molecule has 2 atom stereocenters. The second kappa shape index (κ2) is 5.83. The first kappa shape index (κ1) is 10.1. The zero-order valence-corrected chi connectivity index (χ0v) is 7.22. The molecule has 1 heteroatoms. The Morgan fingerprint density at radius 3 is 2.45 bits per heavy atom. The third-order valence-electron chi connectivity index (χ3n) is 1.59. The van der Waals surface area contributed by atoms with Gasteiger partial charge in [0.1, 0.15) is 0 Å². The lowest BCUT2D eigenvalue weighted by Crippen LogP contribution is -2.34. The van der Waals surface area contributed by atoms with E-state index in [-0.39, 0.29) is 6.04 Å². The maximum Gasteiger partial charge on any atom is 0.0660 e. The topological polar surface area (TPSA) is 12.0 Å². The van der Waals surface area contributed by atoms with Crippen LogP contribution in [0, 0.1) is 24.7 Å². The zero-order valence-electron chi connectivity index (χ0n) is 7.22. The molecule has 0 saturated heterocycles. The third kappa shape index (κ3) is 4.48. The van der Waals surface area contributed by atoms with E-state index in [2.05, 4.69) is 24.1 Å². The molecule has 0 heterocycles. The molecule has 0 aromatic heterocycles. The Balaban J connectivity index is 3.72. The fourth-order valence-corrected chi connectivity index (χ4v) is 0.865. The van der Waals surface area contributed by atoms with E-state index >= 15 is 0 Å². The quantitative estimate of drug-likeness (QED) is 0.596. The van der Waals surface area contributed by atoms with E-state index in [9.17, 15) is 0 Å². The highest BCUT2D eigenvalue weighted by Gasteiger charge is 2.05. The Labute approximate surface area is 69.6 Å². The van der Waals surface area contributed by atoms with Gasteiger partial charge in [0, 0.05) is 12.5 Å². The minimum atomic E-state index is 0.119. The van der Waals surface area contributed by atoms with Crippen LogP contribution in [0.4, 0.5) is 0 Å². The predicted molar refractivity (Wildman–Crippen MR) is 49.0 cm³/mol. The van der Waals surface area contributed by atoms with Gasteiger partial charge in [-0.15, -0.1) is 18.8 Å². The third-order valence-corrected chi connectivity index (χ3v) is 1.59. The van der Waals surface area contributed by atoms with Gasteiger partial charge in [0.15, 0.2) is 0 Å². The summed E-state index contributed by atoms with van der Waals surface area (Å²) in [6.07, 6.45) is 12.2. The van der Waals surface area contributed by atoms with E-state index < -0.39 is 0 Å². The summed E-state index contributed by atoms with van der Waals surface area (Å²) in [4.78, 5) is 0. The summed E-state index contributed by atoms with van der Waals surface area (Å²) in [6, 6.07) is 0.486. The highest BCUT2D eigenvalue weighted by molar-refractivity contribution is 4.99. The lowest BCUT2D eigenvalue weighted by molar-refractivity contribution is 0.487. The van der Waals surface area contributed by atoms with Gasteiger partial charge in [-0.1, -0.05) is 12.8 Å². The molecule has 0 fully saturated rings. The SMILES string of the molecule is C#CCC(CC)NC(C)C#C. The number of nitrogens with one attached hydrogen (secondary N) is 1. The maximum atomic E-state index is 5.21. The average Bonchev–Trinajstić information content (AvgIpc) is 2.03. The van der Waals surface area contributed by atoms with Crippen molar-refractivity contribution in [2.45, 2.75) is 38.8 Å². The molecule has 0 aromatic rings. The molecular formula is C10H15N. The van der Waals surface area contributed by atoms with Crippen LogP contribution in [0.1, 0.15) is 26.7 Å². The summed E-state index contributed by atoms with van der Waals surface area (Å²) < 4.78 is 0. The molecule has 0 aliphatic rings. The fourth-order valence-electron chi connectivity index (χ4n) is 0.865. The average molecular weight is 149 g/mol. The van der Waals surface area contributed by atoms with Gasteiger partial charge in [-0.25, -0.2) is 0 Å². The van der Waals surface area contributed by atoms with Gasteiger partial charge in [0.05, 0.1) is 6.04 Å². The van der Waals surface area contributed by atoms with Gasteiger partial charge >= 0.3 is 0 Å². The summed E-state index contributed by atoms with van der Waals surface area (Å²) in [6.45, 7) is 4.05. The molecular weight excluding hydrogens is 134 g/mol. The van der Waals surface area contributed by atoms with Gasteiger partial charge in [0.2, 0.25) is 0 Å². The van der Waals surface area contributed by atoms with Crippen LogP contribution in [-0.2, 0) is 0 Å². The molecule has 0 bridgehead atoms. The minimum Gasteiger partial charge on any atom is -0.300 e. The summed E-state index contributed by atoms with van der Waals surface area (Å²) in [5, 5.41) is 3.24. The van der Waals surface area contributed by atoms with E-state index in [0.717, 1.165) is 12.8 Å². The van der Waals surface area contributed by atoms with Crippen molar-refractivity contribution in [2.24, 2.45) is 0 Å².